The first-order chi connectivity index (χ1) is 18.4. The molecule has 3 heteroatoms. The van der Waals surface area contributed by atoms with Crippen LogP contribution in [0, 0.1) is 12.8 Å². The molecule has 0 bridgehead atoms. The molecule has 1 N–H and O–H groups in total. The fourth-order valence-corrected chi connectivity index (χ4v) is 5.31. The van der Waals surface area contributed by atoms with E-state index in [9.17, 15) is 9.90 Å². The van der Waals surface area contributed by atoms with Crippen LogP contribution in [0.15, 0.2) is 72.8 Å². The van der Waals surface area contributed by atoms with E-state index in [4.69, 9.17) is 4.74 Å². The van der Waals surface area contributed by atoms with E-state index in [0.29, 0.717) is 18.6 Å². The number of methoxy groups -OCH3 is 1. The van der Waals surface area contributed by atoms with Crippen LogP contribution < -0.4 is 0 Å². The van der Waals surface area contributed by atoms with E-state index >= 15 is 0 Å². The van der Waals surface area contributed by atoms with Crippen molar-refractivity contribution >= 4 is 6.29 Å². The van der Waals surface area contributed by atoms with Gasteiger partial charge in [-0.3, -0.25) is 4.79 Å². The average Bonchev–Trinajstić information content (AvgIpc) is 2.93. The molecule has 3 nitrogen and oxygen atoms in total. The molecule has 0 aromatic heterocycles. The zero-order chi connectivity index (χ0) is 27.5. The summed E-state index contributed by atoms with van der Waals surface area (Å²) in [4.78, 5) is 9.41. The summed E-state index contributed by atoms with van der Waals surface area (Å²) in [6.07, 6.45) is 7.66. The number of allylic oxidation sites excluding steroid dienone is 1. The molecule has 3 aromatic rings. The van der Waals surface area contributed by atoms with Crippen molar-refractivity contribution in [1.29, 1.82) is 0 Å². The molecular formula is C35H44O3. The molecule has 1 aliphatic carbocycles. The number of aryl methyl sites for hydroxylation is 1. The molecule has 0 heterocycles. The highest BCUT2D eigenvalue weighted by Gasteiger charge is 2.19. The second-order valence-corrected chi connectivity index (χ2v) is 10.8. The van der Waals surface area contributed by atoms with Crippen LogP contribution in [0.3, 0.4) is 0 Å². The van der Waals surface area contributed by atoms with Crippen LogP contribution in [0.1, 0.15) is 67.7 Å². The molecule has 1 fully saturated rings. The van der Waals surface area contributed by atoms with Crippen molar-refractivity contribution in [1.82, 2.24) is 0 Å². The first kappa shape index (κ1) is 29.5. The van der Waals surface area contributed by atoms with Gasteiger partial charge in [0.2, 0.25) is 0 Å². The topological polar surface area (TPSA) is 46.5 Å². The fraction of sp³-hybridized carbons (Fsp3) is 0.400. The summed E-state index contributed by atoms with van der Waals surface area (Å²) < 4.78 is 5.30. The SMILES string of the molecule is C=C(C)C=O.COCCc1cc(-c2ccc(-c3ccc(C4CCC(C)CC4)cc3)c(C)c2)ccc1CCO. The number of hydrogen-bond acceptors (Lipinski definition) is 3. The molecule has 0 unspecified atom stereocenters. The molecule has 1 saturated carbocycles. The molecule has 0 radical (unpaired) electrons. The molecule has 0 amide bonds. The lowest BCUT2D eigenvalue weighted by Crippen LogP contribution is -2.10. The Hall–Kier alpha value is -3.01. The quantitative estimate of drug-likeness (QED) is 0.233. The molecule has 0 atom stereocenters. The van der Waals surface area contributed by atoms with Crippen LogP contribution in [0.5, 0.6) is 0 Å². The minimum atomic E-state index is 0.172. The van der Waals surface area contributed by atoms with Crippen LogP contribution in [-0.4, -0.2) is 31.7 Å². The van der Waals surface area contributed by atoms with Crippen LogP contribution in [0.25, 0.3) is 22.3 Å². The third-order valence-electron chi connectivity index (χ3n) is 7.63. The largest absolute Gasteiger partial charge is 0.396 e. The highest BCUT2D eigenvalue weighted by atomic mass is 16.5. The Balaban J connectivity index is 0.000000732. The lowest BCUT2D eigenvalue weighted by atomic mass is 9.79. The summed E-state index contributed by atoms with van der Waals surface area (Å²) in [5.41, 5.74) is 10.9. The van der Waals surface area contributed by atoms with Gasteiger partial charge in [-0.1, -0.05) is 87.0 Å². The van der Waals surface area contributed by atoms with Crippen molar-refractivity contribution in [2.24, 2.45) is 5.92 Å². The predicted molar refractivity (Wildman–Crippen MR) is 160 cm³/mol. The maximum atomic E-state index is 9.41. The smallest absolute Gasteiger partial charge is 0.145 e. The first-order valence-electron chi connectivity index (χ1n) is 13.9. The van der Waals surface area contributed by atoms with Crippen molar-refractivity contribution in [2.45, 2.75) is 65.2 Å². The van der Waals surface area contributed by atoms with Gasteiger partial charge in [-0.15, -0.1) is 0 Å². The normalized spacial score (nSPS) is 16.9. The van der Waals surface area contributed by atoms with Gasteiger partial charge in [-0.05, 0) is 101 Å². The van der Waals surface area contributed by atoms with E-state index in [0.717, 1.165) is 24.5 Å². The van der Waals surface area contributed by atoms with E-state index in [1.807, 2.05) is 0 Å². The second kappa shape index (κ2) is 14.8. The molecular weight excluding hydrogens is 468 g/mol. The van der Waals surface area contributed by atoms with Gasteiger partial charge >= 0.3 is 0 Å². The van der Waals surface area contributed by atoms with Gasteiger partial charge in [0.1, 0.15) is 6.29 Å². The molecule has 1 aliphatic rings. The van der Waals surface area contributed by atoms with E-state index in [1.165, 1.54) is 70.2 Å². The number of carbonyl (C=O) groups is 1. The van der Waals surface area contributed by atoms with Gasteiger partial charge in [-0.25, -0.2) is 0 Å². The standard InChI is InChI=1S/C31H38O2.C4H6O/c1-22-4-6-24(7-5-22)25-8-11-27(12-9-25)31-15-14-28(20-23(31)2)29-13-10-26(16-18-32)30(21-29)17-19-33-3;1-4(2)3-5/h8-15,20-22,24,32H,4-7,16-19H2,1-3H3;3H,1H2,2H3. The molecule has 0 saturated heterocycles. The van der Waals surface area contributed by atoms with E-state index in [2.05, 4.69) is 81.1 Å². The second-order valence-electron chi connectivity index (χ2n) is 10.8. The number of aliphatic hydroxyl groups is 1. The third-order valence-corrected chi connectivity index (χ3v) is 7.63. The number of benzene rings is 3. The molecule has 38 heavy (non-hydrogen) atoms. The maximum absolute atomic E-state index is 9.41. The molecule has 0 spiro atoms. The summed E-state index contributed by atoms with van der Waals surface area (Å²) in [7, 11) is 1.74. The Morgan fingerprint density at radius 1 is 0.921 bits per heavy atom. The number of aldehydes is 1. The van der Waals surface area contributed by atoms with Crippen molar-refractivity contribution in [3.05, 3.63) is 95.1 Å². The number of hydrogen-bond donors (Lipinski definition) is 1. The van der Waals surface area contributed by atoms with E-state index < -0.39 is 0 Å². The van der Waals surface area contributed by atoms with Crippen LogP contribution >= 0.6 is 0 Å². The van der Waals surface area contributed by atoms with Crippen LogP contribution in [0.2, 0.25) is 0 Å². The Morgan fingerprint density at radius 3 is 2.11 bits per heavy atom. The number of ether oxygens (including phenoxy) is 1. The molecule has 4 rings (SSSR count). The summed E-state index contributed by atoms with van der Waals surface area (Å²) >= 11 is 0. The van der Waals surface area contributed by atoms with Gasteiger partial charge in [0.25, 0.3) is 0 Å². The highest BCUT2D eigenvalue weighted by Crippen LogP contribution is 2.37. The Bertz CT molecular complexity index is 1180. The Morgan fingerprint density at radius 2 is 1.53 bits per heavy atom. The average molecular weight is 513 g/mol. The molecule has 3 aromatic carbocycles. The first-order valence-corrected chi connectivity index (χ1v) is 13.9. The summed E-state index contributed by atoms with van der Waals surface area (Å²) in [6, 6.07) is 22.7. The van der Waals surface area contributed by atoms with Crippen LogP contribution in [0.4, 0.5) is 0 Å². The summed E-state index contributed by atoms with van der Waals surface area (Å²) in [5.74, 6) is 1.63. The fourth-order valence-electron chi connectivity index (χ4n) is 5.31. The van der Waals surface area contributed by atoms with Gasteiger partial charge in [-0.2, -0.15) is 0 Å². The zero-order valence-electron chi connectivity index (χ0n) is 23.6. The van der Waals surface area contributed by atoms with Crippen molar-refractivity contribution in [3.8, 4) is 22.3 Å². The van der Waals surface area contributed by atoms with Gasteiger partial charge in [0.05, 0.1) is 6.61 Å². The minimum Gasteiger partial charge on any atom is -0.396 e. The molecule has 0 aliphatic heterocycles. The zero-order valence-corrected chi connectivity index (χ0v) is 23.6. The van der Waals surface area contributed by atoms with Crippen molar-refractivity contribution in [3.63, 3.8) is 0 Å². The Labute approximate surface area is 229 Å². The van der Waals surface area contributed by atoms with Gasteiger partial charge < -0.3 is 9.84 Å². The summed E-state index contributed by atoms with van der Waals surface area (Å²) in [6.45, 7) is 10.4. The highest BCUT2D eigenvalue weighted by molar-refractivity contribution is 5.74. The number of carbonyl (C=O) groups excluding carboxylic acids is 1. The van der Waals surface area contributed by atoms with Crippen molar-refractivity contribution < 1.29 is 14.6 Å². The predicted octanol–water partition coefficient (Wildman–Crippen LogP) is 8.11. The lowest BCUT2D eigenvalue weighted by Gasteiger charge is -2.26. The lowest BCUT2D eigenvalue weighted by molar-refractivity contribution is -0.104. The minimum absolute atomic E-state index is 0.172. The Kier molecular flexibility index (Phi) is 11.5. The van der Waals surface area contributed by atoms with E-state index in [1.54, 1.807) is 14.0 Å². The van der Waals surface area contributed by atoms with Gasteiger partial charge in [0.15, 0.2) is 0 Å². The van der Waals surface area contributed by atoms with Crippen LogP contribution in [-0.2, 0) is 22.4 Å². The molecule has 202 valence electrons. The summed E-state index contributed by atoms with van der Waals surface area (Å²) in [5, 5.41) is 9.40. The number of rotatable bonds is 9. The monoisotopic (exact) mass is 512 g/mol. The third kappa shape index (κ3) is 8.24. The number of aliphatic hydroxyl groups excluding tert-OH is 1. The van der Waals surface area contributed by atoms with E-state index in [-0.39, 0.29) is 6.61 Å². The van der Waals surface area contributed by atoms with Crippen molar-refractivity contribution in [2.75, 3.05) is 20.3 Å². The van der Waals surface area contributed by atoms with Gasteiger partial charge in [0, 0.05) is 13.7 Å². The maximum Gasteiger partial charge on any atom is 0.145 e.